The van der Waals surface area contributed by atoms with Crippen molar-refractivity contribution < 1.29 is 0 Å². The van der Waals surface area contributed by atoms with E-state index in [1.807, 2.05) is 29.9 Å². The molecule has 0 aliphatic carbocycles. The highest BCUT2D eigenvalue weighted by Crippen LogP contribution is 2.27. The van der Waals surface area contributed by atoms with E-state index in [0.717, 1.165) is 21.1 Å². The molecule has 6 heteroatoms. The third-order valence-corrected chi connectivity index (χ3v) is 4.24. The van der Waals surface area contributed by atoms with Gasteiger partial charge >= 0.3 is 0 Å². The summed E-state index contributed by atoms with van der Waals surface area (Å²) in [5.74, 6) is 5.67. The van der Waals surface area contributed by atoms with Gasteiger partial charge in [0, 0.05) is 11.5 Å². The van der Waals surface area contributed by atoms with Gasteiger partial charge in [-0.15, -0.1) is 0 Å². The molecule has 0 spiro atoms. The van der Waals surface area contributed by atoms with E-state index in [2.05, 4.69) is 48.5 Å². The number of hydrogen-bond donors (Lipinski definition) is 2. The van der Waals surface area contributed by atoms with Crippen LogP contribution in [0.25, 0.3) is 0 Å². The number of halogens is 2. The highest BCUT2D eigenvalue weighted by molar-refractivity contribution is 9.10. The van der Waals surface area contributed by atoms with E-state index in [1.165, 1.54) is 5.56 Å². The minimum Gasteiger partial charge on any atom is -0.271 e. The number of nitrogens with zero attached hydrogens (tertiary/aromatic N) is 2. The molecule has 0 fully saturated rings. The zero-order valence-corrected chi connectivity index (χ0v) is 13.1. The first-order valence-electron chi connectivity index (χ1n) is 5.50. The van der Waals surface area contributed by atoms with Crippen LogP contribution in [0.5, 0.6) is 0 Å². The predicted molar refractivity (Wildman–Crippen MR) is 78.8 cm³/mol. The van der Waals surface area contributed by atoms with Crippen molar-refractivity contribution in [3.8, 4) is 0 Å². The summed E-state index contributed by atoms with van der Waals surface area (Å²) in [6, 6.07) is 8.13. The molecule has 0 amide bonds. The van der Waals surface area contributed by atoms with Crippen molar-refractivity contribution in [1.29, 1.82) is 0 Å². The Kier molecular flexibility index (Phi) is 4.55. The van der Waals surface area contributed by atoms with Crippen LogP contribution in [0, 0.1) is 0 Å². The number of hydrogen-bond acceptors (Lipinski definition) is 3. The van der Waals surface area contributed by atoms with E-state index >= 15 is 0 Å². The lowest BCUT2D eigenvalue weighted by atomic mass is 10.0. The van der Waals surface area contributed by atoms with Crippen LogP contribution in [0.2, 0.25) is 0 Å². The Morgan fingerprint density at radius 2 is 2.06 bits per heavy atom. The number of hydrazine groups is 1. The summed E-state index contributed by atoms with van der Waals surface area (Å²) in [6.45, 7) is 0. The van der Waals surface area contributed by atoms with Gasteiger partial charge in [-0.3, -0.25) is 16.0 Å². The van der Waals surface area contributed by atoms with Crippen LogP contribution in [-0.4, -0.2) is 9.78 Å². The largest absolute Gasteiger partial charge is 0.271 e. The molecule has 0 aliphatic rings. The van der Waals surface area contributed by atoms with Gasteiger partial charge in [0.15, 0.2) is 0 Å². The van der Waals surface area contributed by atoms with Gasteiger partial charge in [-0.2, -0.15) is 5.10 Å². The minimum absolute atomic E-state index is 0.00516. The summed E-state index contributed by atoms with van der Waals surface area (Å²) in [5.41, 5.74) is 5.09. The van der Waals surface area contributed by atoms with Gasteiger partial charge < -0.3 is 0 Å². The number of nitrogens with two attached hydrogens (primary N) is 1. The van der Waals surface area contributed by atoms with E-state index in [9.17, 15) is 0 Å². The molecule has 1 aromatic carbocycles. The van der Waals surface area contributed by atoms with Crippen LogP contribution < -0.4 is 11.3 Å². The van der Waals surface area contributed by atoms with E-state index in [1.54, 1.807) is 6.20 Å². The number of rotatable bonds is 4. The summed E-state index contributed by atoms with van der Waals surface area (Å²) in [7, 11) is 1.91. The molecule has 2 rings (SSSR count). The first-order valence-corrected chi connectivity index (χ1v) is 7.09. The Balaban J connectivity index is 2.28. The van der Waals surface area contributed by atoms with E-state index in [-0.39, 0.29) is 6.04 Å². The summed E-state index contributed by atoms with van der Waals surface area (Å²) >= 11 is 7.05. The minimum atomic E-state index is 0.00516. The Labute approximate surface area is 123 Å². The molecular formula is C12H14Br2N4. The van der Waals surface area contributed by atoms with Crippen LogP contribution in [0.3, 0.4) is 0 Å². The van der Waals surface area contributed by atoms with Crippen molar-refractivity contribution in [2.75, 3.05) is 0 Å². The van der Waals surface area contributed by atoms with Gasteiger partial charge in [0.1, 0.15) is 0 Å². The molecule has 0 saturated heterocycles. The van der Waals surface area contributed by atoms with Gasteiger partial charge in [-0.1, -0.05) is 34.1 Å². The molecule has 18 heavy (non-hydrogen) atoms. The van der Waals surface area contributed by atoms with Crippen LogP contribution >= 0.6 is 31.9 Å². The lowest BCUT2D eigenvalue weighted by Crippen LogP contribution is -2.31. The molecule has 0 saturated carbocycles. The highest BCUT2D eigenvalue weighted by Gasteiger charge is 2.18. The van der Waals surface area contributed by atoms with E-state index in [4.69, 9.17) is 5.84 Å². The average molecular weight is 374 g/mol. The molecule has 3 N–H and O–H groups in total. The van der Waals surface area contributed by atoms with Crippen LogP contribution in [0.4, 0.5) is 0 Å². The fourth-order valence-corrected chi connectivity index (χ4v) is 3.00. The van der Waals surface area contributed by atoms with Gasteiger partial charge in [0.25, 0.3) is 0 Å². The second kappa shape index (κ2) is 5.97. The topological polar surface area (TPSA) is 55.9 Å². The summed E-state index contributed by atoms with van der Waals surface area (Å²) in [4.78, 5) is 0. The van der Waals surface area contributed by atoms with Gasteiger partial charge in [0.05, 0.1) is 22.4 Å². The number of nitrogens with one attached hydrogen (secondary N) is 1. The smallest absolute Gasteiger partial charge is 0.0709 e. The molecule has 4 nitrogen and oxygen atoms in total. The molecular weight excluding hydrogens is 360 g/mol. The molecule has 1 aromatic heterocycles. The Bertz CT molecular complexity index is 519. The normalized spacial score (nSPS) is 12.7. The van der Waals surface area contributed by atoms with Crippen molar-refractivity contribution in [3.63, 3.8) is 0 Å². The predicted octanol–water partition coefficient (Wildman–Crippen LogP) is 2.69. The Hall–Kier alpha value is -0.690. The van der Waals surface area contributed by atoms with Crippen molar-refractivity contribution in [2.24, 2.45) is 12.9 Å². The molecule has 0 radical (unpaired) electrons. The Morgan fingerprint density at radius 1 is 1.33 bits per heavy atom. The second-order valence-corrected chi connectivity index (χ2v) is 5.72. The molecule has 96 valence electrons. The van der Waals surface area contributed by atoms with Crippen molar-refractivity contribution in [2.45, 2.75) is 12.5 Å². The molecule has 1 atom stereocenters. The third kappa shape index (κ3) is 2.83. The standard InChI is InChI=1S/C12H14Br2N4/c1-18-12(10(14)7-16-18)11(17-15)6-8-4-2-3-5-9(8)13/h2-5,7,11,17H,6,15H2,1H3. The lowest BCUT2D eigenvalue weighted by molar-refractivity contribution is 0.506. The fourth-order valence-electron chi connectivity index (χ4n) is 1.93. The molecule has 1 heterocycles. The number of benzene rings is 1. The van der Waals surface area contributed by atoms with Crippen LogP contribution in [0.1, 0.15) is 17.3 Å². The molecule has 0 bridgehead atoms. The van der Waals surface area contributed by atoms with E-state index < -0.39 is 0 Å². The monoisotopic (exact) mass is 372 g/mol. The second-order valence-electron chi connectivity index (χ2n) is 4.02. The van der Waals surface area contributed by atoms with Gasteiger partial charge in [0.2, 0.25) is 0 Å². The van der Waals surface area contributed by atoms with Crippen molar-refractivity contribution >= 4 is 31.9 Å². The maximum atomic E-state index is 5.67. The van der Waals surface area contributed by atoms with Gasteiger partial charge in [-0.05, 0) is 34.0 Å². The Morgan fingerprint density at radius 3 is 2.61 bits per heavy atom. The average Bonchev–Trinajstić information content (AvgIpc) is 2.69. The van der Waals surface area contributed by atoms with Crippen LogP contribution in [-0.2, 0) is 13.5 Å². The number of aryl methyl sites for hydroxylation is 1. The van der Waals surface area contributed by atoms with E-state index in [0.29, 0.717) is 0 Å². The quantitative estimate of drug-likeness (QED) is 0.639. The zero-order chi connectivity index (χ0) is 13.1. The third-order valence-electron chi connectivity index (χ3n) is 2.85. The maximum absolute atomic E-state index is 5.67. The van der Waals surface area contributed by atoms with Gasteiger partial charge in [-0.25, -0.2) is 0 Å². The zero-order valence-electron chi connectivity index (χ0n) is 9.90. The molecule has 2 aromatic rings. The highest BCUT2D eigenvalue weighted by atomic mass is 79.9. The maximum Gasteiger partial charge on any atom is 0.0709 e. The van der Waals surface area contributed by atoms with Crippen LogP contribution in [0.15, 0.2) is 39.4 Å². The SMILES string of the molecule is Cn1ncc(Br)c1C(Cc1ccccc1Br)NN. The molecule has 0 aliphatic heterocycles. The van der Waals surface area contributed by atoms with Crippen molar-refractivity contribution in [1.82, 2.24) is 15.2 Å². The number of aromatic nitrogens is 2. The summed E-state index contributed by atoms with van der Waals surface area (Å²) in [6.07, 6.45) is 2.57. The summed E-state index contributed by atoms with van der Waals surface area (Å²) < 4.78 is 3.87. The first-order chi connectivity index (χ1) is 8.63. The first kappa shape index (κ1) is 13.7. The molecule has 1 unspecified atom stereocenters. The fraction of sp³-hybridized carbons (Fsp3) is 0.250. The lowest BCUT2D eigenvalue weighted by Gasteiger charge is -2.17. The van der Waals surface area contributed by atoms with Crippen molar-refractivity contribution in [3.05, 3.63) is 50.7 Å². The summed E-state index contributed by atoms with van der Waals surface area (Å²) in [5, 5.41) is 4.21.